The normalized spacial score (nSPS) is 20.2. The Hall–Kier alpha value is -0.900. The second-order valence-corrected chi connectivity index (χ2v) is 7.19. The Morgan fingerprint density at radius 3 is 2.63 bits per heavy atom. The van der Waals surface area contributed by atoms with E-state index in [9.17, 15) is 9.18 Å². The van der Waals surface area contributed by atoms with Crippen molar-refractivity contribution in [1.82, 2.24) is 4.90 Å². The fourth-order valence-corrected chi connectivity index (χ4v) is 2.69. The Morgan fingerprint density at radius 1 is 1.42 bits per heavy atom. The van der Waals surface area contributed by atoms with Crippen LogP contribution in [0.25, 0.3) is 0 Å². The van der Waals surface area contributed by atoms with Gasteiger partial charge < -0.3 is 4.90 Å². The molecule has 1 aliphatic rings. The van der Waals surface area contributed by atoms with Crippen LogP contribution in [0.4, 0.5) is 4.39 Å². The number of likely N-dealkylation sites (tertiary alicyclic amines) is 1. The van der Waals surface area contributed by atoms with Crippen LogP contribution >= 0.6 is 15.9 Å². The molecule has 0 aromatic heterocycles. The summed E-state index contributed by atoms with van der Waals surface area (Å²) in [6.07, 6.45) is 0.571. The van der Waals surface area contributed by atoms with Gasteiger partial charge in [-0.15, -0.1) is 0 Å². The molecule has 4 heteroatoms. The number of amides is 1. The molecule has 0 aliphatic carbocycles. The third kappa shape index (κ3) is 3.35. The summed E-state index contributed by atoms with van der Waals surface area (Å²) in [5.74, 6) is 0.210. The van der Waals surface area contributed by atoms with Gasteiger partial charge in [-0.3, -0.25) is 4.79 Å². The van der Waals surface area contributed by atoms with Crippen molar-refractivity contribution in [2.75, 3.05) is 6.54 Å². The lowest BCUT2D eigenvalue weighted by Gasteiger charge is -2.26. The number of rotatable bonds is 2. The molecule has 1 aliphatic heterocycles. The van der Waals surface area contributed by atoms with E-state index in [1.807, 2.05) is 0 Å². The molecule has 1 unspecified atom stereocenters. The van der Waals surface area contributed by atoms with Crippen molar-refractivity contribution >= 4 is 21.8 Å². The van der Waals surface area contributed by atoms with E-state index in [-0.39, 0.29) is 17.1 Å². The van der Waals surface area contributed by atoms with E-state index in [2.05, 4.69) is 36.7 Å². The minimum absolute atomic E-state index is 0.114. The molecule has 2 rings (SSSR count). The van der Waals surface area contributed by atoms with E-state index in [0.717, 1.165) is 6.54 Å². The molecule has 1 atom stereocenters. The standard InChI is InChI=1S/C15H19BrFNO/c1-15(2,3)11-6-14(19)18(9-11)8-10-4-5-12(16)7-13(10)17/h4-5,7,11H,6,8-9H2,1-3H3. The first kappa shape index (κ1) is 14.5. The average molecular weight is 328 g/mol. The Bertz CT molecular complexity index is 495. The highest BCUT2D eigenvalue weighted by Gasteiger charge is 2.36. The average Bonchev–Trinajstić information content (AvgIpc) is 2.64. The topological polar surface area (TPSA) is 20.3 Å². The summed E-state index contributed by atoms with van der Waals surface area (Å²) in [5, 5.41) is 0. The molecule has 1 amide bonds. The fraction of sp³-hybridized carbons (Fsp3) is 0.533. The first-order chi connectivity index (χ1) is 8.77. The SMILES string of the molecule is CC(C)(C)C1CC(=O)N(Cc2ccc(Br)cc2F)C1. The van der Waals surface area contributed by atoms with Gasteiger partial charge in [-0.05, 0) is 23.5 Å². The molecule has 0 spiro atoms. The number of nitrogens with zero attached hydrogens (tertiary/aromatic N) is 1. The summed E-state index contributed by atoms with van der Waals surface area (Å²) in [6, 6.07) is 4.98. The molecular weight excluding hydrogens is 309 g/mol. The molecule has 104 valence electrons. The predicted molar refractivity (Wildman–Crippen MR) is 77.1 cm³/mol. The van der Waals surface area contributed by atoms with Gasteiger partial charge in [0.2, 0.25) is 5.91 Å². The maximum absolute atomic E-state index is 13.8. The maximum atomic E-state index is 13.8. The maximum Gasteiger partial charge on any atom is 0.223 e. The van der Waals surface area contributed by atoms with Crippen molar-refractivity contribution in [3.05, 3.63) is 34.1 Å². The van der Waals surface area contributed by atoms with Gasteiger partial charge in [-0.25, -0.2) is 4.39 Å². The zero-order chi connectivity index (χ0) is 14.2. The molecular formula is C15H19BrFNO. The second kappa shape index (κ2) is 5.23. The van der Waals surface area contributed by atoms with E-state index in [1.165, 1.54) is 6.07 Å². The van der Waals surface area contributed by atoms with Crippen molar-refractivity contribution in [3.63, 3.8) is 0 Å². The Labute approximate surface area is 122 Å². The first-order valence-electron chi connectivity index (χ1n) is 6.49. The third-order valence-electron chi connectivity index (χ3n) is 3.82. The Kier molecular flexibility index (Phi) is 4.00. The van der Waals surface area contributed by atoms with Crippen molar-refractivity contribution in [1.29, 1.82) is 0 Å². The first-order valence-corrected chi connectivity index (χ1v) is 7.28. The van der Waals surface area contributed by atoms with Crippen molar-refractivity contribution in [2.45, 2.75) is 33.7 Å². The molecule has 1 aromatic carbocycles. The van der Waals surface area contributed by atoms with Crippen LogP contribution in [0, 0.1) is 17.2 Å². The molecule has 1 fully saturated rings. The van der Waals surface area contributed by atoms with Gasteiger partial charge in [0, 0.05) is 29.5 Å². The van der Waals surface area contributed by atoms with E-state index in [0.29, 0.717) is 28.9 Å². The molecule has 1 heterocycles. The molecule has 1 saturated heterocycles. The molecule has 0 N–H and O–H groups in total. The van der Waals surface area contributed by atoms with Crippen molar-refractivity contribution in [2.24, 2.45) is 11.3 Å². The zero-order valence-electron chi connectivity index (χ0n) is 11.5. The van der Waals surface area contributed by atoms with Gasteiger partial charge in [0.25, 0.3) is 0 Å². The van der Waals surface area contributed by atoms with Crippen LogP contribution in [0.5, 0.6) is 0 Å². The van der Waals surface area contributed by atoms with Crippen LogP contribution in [0.15, 0.2) is 22.7 Å². The lowest BCUT2D eigenvalue weighted by molar-refractivity contribution is -0.128. The van der Waals surface area contributed by atoms with Gasteiger partial charge >= 0.3 is 0 Å². The minimum atomic E-state index is -0.263. The number of hydrogen-bond donors (Lipinski definition) is 0. The molecule has 0 saturated carbocycles. The summed E-state index contributed by atoms with van der Waals surface area (Å²) < 4.78 is 14.5. The van der Waals surface area contributed by atoms with Crippen LogP contribution in [-0.4, -0.2) is 17.4 Å². The van der Waals surface area contributed by atoms with E-state index >= 15 is 0 Å². The molecule has 19 heavy (non-hydrogen) atoms. The van der Waals surface area contributed by atoms with Gasteiger partial charge in [0.1, 0.15) is 5.82 Å². The molecule has 0 radical (unpaired) electrons. The number of carbonyl (C=O) groups excluding carboxylic acids is 1. The number of benzene rings is 1. The van der Waals surface area contributed by atoms with Crippen LogP contribution in [-0.2, 0) is 11.3 Å². The van der Waals surface area contributed by atoms with E-state index in [4.69, 9.17) is 0 Å². The molecule has 2 nitrogen and oxygen atoms in total. The van der Waals surface area contributed by atoms with Gasteiger partial charge in [0.05, 0.1) is 0 Å². The smallest absolute Gasteiger partial charge is 0.223 e. The lowest BCUT2D eigenvalue weighted by Crippen LogP contribution is -2.27. The Morgan fingerprint density at radius 2 is 2.11 bits per heavy atom. The summed E-state index contributed by atoms with van der Waals surface area (Å²) in [6.45, 7) is 7.53. The number of halogens is 2. The summed E-state index contributed by atoms with van der Waals surface area (Å²) >= 11 is 3.24. The van der Waals surface area contributed by atoms with Gasteiger partial charge in [0.15, 0.2) is 0 Å². The van der Waals surface area contributed by atoms with Crippen LogP contribution in [0.2, 0.25) is 0 Å². The van der Waals surface area contributed by atoms with Crippen LogP contribution in [0.3, 0.4) is 0 Å². The quantitative estimate of drug-likeness (QED) is 0.804. The lowest BCUT2D eigenvalue weighted by atomic mass is 9.80. The Balaban J connectivity index is 2.10. The van der Waals surface area contributed by atoms with Gasteiger partial charge in [-0.2, -0.15) is 0 Å². The monoisotopic (exact) mass is 327 g/mol. The highest BCUT2D eigenvalue weighted by Crippen LogP contribution is 2.35. The minimum Gasteiger partial charge on any atom is -0.338 e. The highest BCUT2D eigenvalue weighted by atomic mass is 79.9. The fourth-order valence-electron chi connectivity index (χ4n) is 2.36. The summed E-state index contributed by atoms with van der Waals surface area (Å²) in [5.41, 5.74) is 0.689. The number of carbonyl (C=O) groups is 1. The third-order valence-corrected chi connectivity index (χ3v) is 4.31. The van der Waals surface area contributed by atoms with Gasteiger partial charge in [-0.1, -0.05) is 42.8 Å². The van der Waals surface area contributed by atoms with E-state index in [1.54, 1.807) is 17.0 Å². The van der Waals surface area contributed by atoms with E-state index < -0.39 is 0 Å². The molecule has 0 bridgehead atoms. The summed E-state index contributed by atoms with van der Waals surface area (Å²) in [4.78, 5) is 13.8. The highest BCUT2D eigenvalue weighted by molar-refractivity contribution is 9.10. The van der Waals surface area contributed by atoms with Crippen LogP contribution < -0.4 is 0 Å². The van der Waals surface area contributed by atoms with Crippen LogP contribution in [0.1, 0.15) is 32.8 Å². The largest absolute Gasteiger partial charge is 0.338 e. The summed E-state index contributed by atoms with van der Waals surface area (Å²) in [7, 11) is 0. The second-order valence-electron chi connectivity index (χ2n) is 6.28. The number of hydrogen-bond acceptors (Lipinski definition) is 1. The van der Waals surface area contributed by atoms with Crippen molar-refractivity contribution in [3.8, 4) is 0 Å². The molecule has 1 aromatic rings. The zero-order valence-corrected chi connectivity index (χ0v) is 13.1. The van der Waals surface area contributed by atoms with Crippen molar-refractivity contribution < 1.29 is 9.18 Å². The predicted octanol–water partition coefficient (Wildman–Crippen LogP) is 3.98.